The van der Waals surface area contributed by atoms with Gasteiger partial charge in [-0.2, -0.15) is 0 Å². The van der Waals surface area contributed by atoms with Crippen LogP contribution in [0.15, 0.2) is 10.7 Å². The molecule has 2 rings (SSSR count). The molecule has 1 fully saturated rings. The van der Waals surface area contributed by atoms with Crippen molar-refractivity contribution < 1.29 is 9.15 Å². The molecule has 0 aliphatic carbocycles. The second-order valence-corrected chi connectivity index (χ2v) is 3.96. The van der Waals surface area contributed by atoms with Gasteiger partial charge in [-0.05, 0) is 25.8 Å². The van der Waals surface area contributed by atoms with Crippen LogP contribution >= 0.6 is 0 Å². The van der Waals surface area contributed by atoms with Crippen molar-refractivity contribution in [3.8, 4) is 0 Å². The van der Waals surface area contributed by atoms with Crippen molar-refractivity contribution >= 4 is 0 Å². The fourth-order valence-corrected chi connectivity index (χ4v) is 1.87. The minimum Gasteiger partial charge on any atom is -0.449 e. The highest BCUT2D eigenvalue weighted by molar-refractivity contribution is 4.98. The number of hydrogen-bond donors (Lipinski definition) is 1. The van der Waals surface area contributed by atoms with Crippen LogP contribution in [0.4, 0.5) is 0 Å². The van der Waals surface area contributed by atoms with E-state index in [2.05, 4.69) is 4.98 Å². The monoisotopic (exact) mass is 210 g/mol. The van der Waals surface area contributed by atoms with Crippen LogP contribution in [0.3, 0.4) is 0 Å². The van der Waals surface area contributed by atoms with Crippen LogP contribution in [-0.4, -0.2) is 24.2 Å². The Hall–Kier alpha value is -0.870. The number of oxazole rings is 1. The van der Waals surface area contributed by atoms with E-state index in [1.54, 1.807) is 6.26 Å². The SMILES string of the molecule is NCCc1coc(CC2CCCCO2)n1. The fourth-order valence-electron chi connectivity index (χ4n) is 1.87. The highest BCUT2D eigenvalue weighted by Crippen LogP contribution is 2.17. The Morgan fingerprint density at radius 2 is 2.40 bits per heavy atom. The zero-order valence-electron chi connectivity index (χ0n) is 8.95. The average Bonchev–Trinajstić information content (AvgIpc) is 2.68. The van der Waals surface area contributed by atoms with E-state index in [1.165, 1.54) is 12.8 Å². The Balaban J connectivity index is 1.86. The largest absolute Gasteiger partial charge is 0.449 e. The topological polar surface area (TPSA) is 61.3 Å². The molecule has 1 aromatic rings. The van der Waals surface area contributed by atoms with E-state index >= 15 is 0 Å². The first kappa shape index (κ1) is 10.6. The van der Waals surface area contributed by atoms with Crippen molar-refractivity contribution in [1.82, 2.24) is 4.98 Å². The molecule has 1 aliphatic heterocycles. The van der Waals surface area contributed by atoms with Crippen LogP contribution in [0.25, 0.3) is 0 Å². The highest BCUT2D eigenvalue weighted by Gasteiger charge is 2.16. The molecule has 0 saturated carbocycles. The molecule has 1 aliphatic rings. The van der Waals surface area contributed by atoms with Gasteiger partial charge in [0, 0.05) is 13.0 Å². The zero-order valence-corrected chi connectivity index (χ0v) is 8.95. The van der Waals surface area contributed by atoms with E-state index in [0.29, 0.717) is 12.6 Å². The molecule has 0 amide bonds. The van der Waals surface area contributed by atoms with Gasteiger partial charge in [-0.15, -0.1) is 0 Å². The third-order valence-electron chi connectivity index (χ3n) is 2.68. The van der Waals surface area contributed by atoms with Crippen molar-refractivity contribution in [1.29, 1.82) is 0 Å². The van der Waals surface area contributed by atoms with E-state index in [0.717, 1.165) is 37.5 Å². The molecule has 0 spiro atoms. The van der Waals surface area contributed by atoms with Crippen LogP contribution in [0.2, 0.25) is 0 Å². The van der Waals surface area contributed by atoms with Gasteiger partial charge in [0.15, 0.2) is 5.89 Å². The summed E-state index contributed by atoms with van der Waals surface area (Å²) >= 11 is 0. The molecule has 0 aromatic carbocycles. The van der Waals surface area contributed by atoms with Gasteiger partial charge in [-0.3, -0.25) is 0 Å². The van der Waals surface area contributed by atoms with Crippen molar-refractivity contribution in [2.24, 2.45) is 5.73 Å². The molecule has 1 saturated heterocycles. The van der Waals surface area contributed by atoms with Crippen molar-refractivity contribution in [2.45, 2.75) is 38.2 Å². The third-order valence-corrected chi connectivity index (χ3v) is 2.68. The summed E-state index contributed by atoms with van der Waals surface area (Å²) in [6.45, 7) is 1.49. The van der Waals surface area contributed by atoms with Crippen LogP contribution < -0.4 is 5.73 Å². The molecule has 4 heteroatoms. The summed E-state index contributed by atoms with van der Waals surface area (Å²) in [6.07, 6.45) is 7.13. The summed E-state index contributed by atoms with van der Waals surface area (Å²) in [5, 5.41) is 0. The lowest BCUT2D eigenvalue weighted by Crippen LogP contribution is -2.21. The van der Waals surface area contributed by atoms with Gasteiger partial charge in [-0.25, -0.2) is 4.98 Å². The van der Waals surface area contributed by atoms with Gasteiger partial charge in [0.1, 0.15) is 6.26 Å². The Morgan fingerprint density at radius 3 is 3.13 bits per heavy atom. The van der Waals surface area contributed by atoms with Crippen molar-refractivity contribution in [3.63, 3.8) is 0 Å². The Bertz CT molecular complexity index is 293. The minimum absolute atomic E-state index is 0.295. The lowest BCUT2D eigenvalue weighted by molar-refractivity contribution is 0.0132. The lowest BCUT2D eigenvalue weighted by atomic mass is 10.1. The second kappa shape index (κ2) is 5.28. The first-order valence-electron chi connectivity index (χ1n) is 5.63. The van der Waals surface area contributed by atoms with Crippen LogP contribution in [0.1, 0.15) is 30.8 Å². The molecular weight excluding hydrogens is 192 g/mol. The van der Waals surface area contributed by atoms with Gasteiger partial charge in [0.25, 0.3) is 0 Å². The summed E-state index contributed by atoms with van der Waals surface area (Å²) in [7, 11) is 0. The first-order valence-corrected chi connectivity index (χ1v) is 5.63. The van der Waals surface area contributed by atoms with Crippen LogP contribution in [0, 0.1) is 0 Å². The molecule has 0 bridgehead atoms. The summed E-state index contributed by atoms with van der Waals surface area (Å²) in [5.41, 5.74) is 6.40. The molecule has 1 unspecified atom stereocenters. The maximum atomic E-state index is 5.63. The minimum atomic E-state index is 0.295. The highest BCUT2D eigenvalue weighted by atomic mass is 16.5. The fraction of sp³-hybridized carbons (Fsp3) is 0.727. The van der Waals surface area contributed by atoms with Crippen LogP contribution in [-0.2, 0) is 17.6 Å². The standard InChI is InChI=1S/C11H18N2O2/c12-5-4-9-8-15-11(13-9)7-10-3-1-2-6-14-10/h8,10H,1-7,12H2. The molecule has 0 radical (unpaired) electrons. The molecule has 1 atom stereocenters. The van der Waals surface area contributed by atoms with E-state index in [-0.39, 0.29) is 0 Å². The van der Waals surface area contributed by atoms with E-state index in [4.69, 9.17) is 14.9 Å². The number of ether oxygens (including phenoxy) is 1. The summed E-state index contributed by atoms with van der Waals surface area (Å²) in [4.78, 5) is 4.37. The van der Waals surface area contributed by atoms with Crippen molar-refractivity contribution in [2.75, 3.05) is 13.2 Å². The zero-order chi connectivity index (χ0) is 10.5. The second-order valence-electron chi connectivity index (χ2n) is 3.96. The van der Waals surface area contributed by atoms with E-state index in [9.17, 15) is 0 Å². The number of aromatic nitrogens is 1. The van der Waals surface area contributed by atoms with Gasteiger partial charge < -0.3 is 14.9 Å². The third kappa shape index (κ3) is 3.04. The Kier molecular flexibility index (Phi) is 3.75. The number of nitrogens with zero attached hydrogens (tertiary/aromatic N) is 1. The van der Waals surface area contributed by atoms with E-state index in [1.807, 2.05) is 0 Å². The number of rotatable bonds is 4. The molecule has 1 aromatic heterocycles. The molecular formula is C11H18N2O2. The smallest absolute Gasteiger partial charge is 0.196 e. The molecule has 4 nitrogen and oxygen atoms in total. The normalized spacial score (nSPS) is 21.8. The number of hydrogen-bond acceptors (Lipinski definition) is 4. The van der Waals surface area contributed by atoms with E-state index < -0.39 is 0 Å². The van der Waals surface area contributed by atoms with Gasteiger partial charge >= 0.3 is 0 Å². The van der Waals surface area contributed by atoms with Gasteiger partial charge in [0.05, 0.1) is 18.2 Å². The summed E-state index contributed by atoms with van der Waals surface area (Å²) < 4.78 is 11.0. The predicted octanol–water partition coefficient (Wildman–Crippen LogP) is 1.29. The summed E-state index contributed by atoms with van der Waals surface area (Å²) in [6, 6.07) is 0. The molecule has 2 heterocycles. The Morgan fingerprint density at radius 1 is 1.47 bits per heavy atom. The molecule has 84 valence electrons. The lowest BCUT2D eigenvalue weighted by Gasteiger charge is -2.20. The number of nitrogens with two attached hydrogens (primary N) is 1. The predicted molar refractivity (Wildman–Crippen MR) is 56.6 cm³/mol. The van der Waals surface area contributed by atoms with Crippen LogP contribution in [0.5, 0.6) is 0 Å². The Labute approximate surface area is 89.8 Å². The maximum absolute atomic E-state index is 5.63. The summed E-state index contributed by atoms with van der Waals surface area (Å²) in [5.74, 6) is 0.783. The first-order chi connectivity index (χ1) is 7.38. The van der Waals surface area contributed by atoms with Crippen molar-refractivity contribution in [3.05, 3.63) is 17.8 Å². The van der Waals surface area contributed by atoms with Gasteiger partial charge in [0.2, 0.25) is 0 Å². The quantitative estimate of drug-likeness (QED) is 0.813. The average molecular weight is 210 g/mol. The molecule has 15 heavy (non-hydrogen) atoms. The van der Waals surface area contributed by atoms with Gasteiger partial charge in [-0.1, -0.05) is 0 Å². The molecule has 2 N–H and O–H groups in total. The maximum Gasteiger partial charge on any atom is 0.196 e.